The molecule has 0 aromatic heterocycles. The second-order valence-corrected chi connectivity index (χ2v) is 3.69. The molecule has 0 amide bonds. The van der Waals surface area contributed by atoms with Crippen LogP contribution in [0.5, 0.6) is 0 Å². The summed E-state index contributed by atoms with van der Waals surface area (Å²) < 4.78 is 2.39. The molecule has 0 saturated carbocycles. The quantitative estimate of drug-likeness (QED) is 0.287. The predicted octanol–water partition coefficient (Wildman–Crippen LogP) is 1.25. The maximum atomic E-state index is 4.02. The number of hydrazone groups is 1. The molecule has 0 aliphatic carbocycles. The molecule has 1 atom stereocenters. The number of hydrogen-bond acceptors (Lipinski definition) is 3. The van der Waals surface area contributed by atoms with Gasteiger partial charge in [0, 0.05) is 7.05 Å². The smallest absolute Gasteiger partial charge is 0.179 e. The first kappa shape index (κ1) is 6.84. The average molecular weight is 337 g/mol. The van der Waals surface area contributed by atoms with E-state index in [-0.39, 0.29) is 0 Å². The average Bonchev–Trinajstić information content (AvgIpc) is 1.98. The van der Waals surface area contributed by atoms with Gasteiger partial charge in [0.05, 0.1) is 22.9 Å². The Kier molecular flexibility index (Phi) is 2.18. The van der Waals surface area contributed by atoms with Crippen LogP contribution < -0.4 is 0 Å². The van der Waals surface area contributed by atoms with Crippen molar-refractivity contribution in [2.24, 2.45) is 5.10 Å². The highest BCUT2D eigenvalue weighted by molar-refractivity contribution is 14.1. The molecule has 1 unspecified atom stereocenters. The second-order valence-electron chi connectivity index (χ2n) is 1.46. The van der Waals surface area contributed by atoms with Crippen LogP contribution in [0, 0.1) is 0 Å². The number of alkyl halides is 1. The molecule has 0 aromatic rings. The predicted molar refractivity (Wildman–Crippen MR) is 49.9 cm³/mol. The number of nitrogens with zero attached hydrogens (tertiary/aromatic N) is 3. The maximum absolute atomic E-state index is 4.02. The van der Waals surface area contributed by atoms with Crippen LogP contribution in [-0.2, 0) is 0 Å². The van der Waals surface area contributed by atoms with Gasteiger partial charge in [0.15, 0.2) is 4.17 Å². The van der Waals surface area contributed by atoms with Crippen LogP contribution in [0.15, 0.2) is 5.10 Å². The van der Waals surface area contributed by atoms with Crippen LogP contribution in [0.2, 0.25) is 0 Å². The van der Waals surface area contributed by atoms with Gasteiger partial charge in [-0.05, 0) is 22.6 Å². The van der Waals surface area contributed by atoms with E-state index in [9.17, 15) is 0 Å². The van der Waals surface area contributed by atoms with E-state index in [4.69, 9.17) is 0 Å². The van der Waals surface area contributed by atoms with E-state index in [1.165, 1.54) is 0 Å². The van der Waals surface area contributed by atoms with E-state index < -0.39 is 0 Å². The fourth-order valence-electron chi connectivity index (χ4n) is 0.400. The topological polar surface area (TPSA) is 18.8 Å². The summed E-state index contributed by atoms with van der Waals surface area (Å²) in [5.41, 5.74) is 0. The minimum absolute atomic E-state index is 0.383. The van der Waals surface area contributed by atoms with Crippen molar-refractivity contribution in [1.82, 2.24) is 8.12 Å². The van der Waals surface area contributed by atoms with Crippen molar-refractivity contribution in [1.29, 1.82) is 0 Å². The van der Waals surface area contributed by atoms with E-state index in [0.29, 0.717) is 4.17 Å². The molecule has 46 valence electrons. The lowest BCUT2D eigenvalue weighted by Crippen LogP contribution is -2.24. The molecule has 0 bridgehead atoms. The molecule has 8 heavy (non-hydrogen) atoms. The summed E-state index contributed by atoms with van der Waals surface area (Å²) in [5, 5.41) is 5.91. The lowest BCUT2D eigenvalue weighted by Gasteiger charge is -2.15. The molecule has 0 saturated heterocycles. The van der Waals surface area contributed by atoms with Crippen LogP contribution in [0.25, 0.3) is 0 Å². The van der Waals surface area contributed by atoms with Gasteiger partial charge in [0.25, 0.3) is 0 Å². The third-order valence-corrected chi connectivity index (χ3v) is 4.10. The van der Waals surface area contributed by atoms with Crippen molar-refractivity contribution in [2.45, 2.75) is 4.17 Å². The Morgan fingerprint density at radius 3 is 2.50 bits per heavy atom. The fourth-order valence-corrected chi connectivity index (χ4v) is 1.16. The normalized spacial score (nSPS) is 27.6. The molecule has 1 aliphatic heterocycles. The Bertz CT molecular complexity index is 103. The van der Waals surface area contributed by atoms with Crippen LogP contribution in [-0.4, -0.2) is 25.7 Å². The van der Waals surface area contributed by atoms with Gasteiger partial charge >= 0.3 is 0 Å². The van der Waals surface area contributed by atoms with Crippen molar-refractivity contribution in [3.63, 3.8) is 0 Å². The van der Waals surface area contributed by atoms with Gasteiger partial charge in [-0.1, -0.05) is 0 Å². The van der Waals surface area contributed by atoms with Crippen molar-refractivity contribution >= 4 is 51.8 Å². The lowest BCUT2D eigenvalue weighted by molar-refractivity contribution is 0.333. The minimum atomic E-state index is 0.383. The summed E-state index contributed by atoms with van der Waals surface area (Å²) in [6.07, 6.45) is 1.80. The summed E-state index contributed by atoms with van der Waals surface area (Å²) >= 11 is 4.51. The summed E-state index contributed by atoms with van der Waals surface area (Å²) in [7, 11) is 1.95. The second kappa shape index (κ2) is 2.54. The molecular weight excluding hydrogens is 332 g/mol. The monoisotopic (exact) mass is 337 g/mol. The molecule has 0 N–H and O–H groups in total. The van der Waals surface area contributed by atoms with Crippen molar-refractivity contribution in [3.05, 3.63) is 0 Å². The van der Waals surface area contributed by atoms with Gasteiger partial charge in [-0.15, -0.1) is 0 Å². The summed E-state index contributed by atoms with van der Waals surface area (Å²) in [5.74, 6) is 0. The molecule has 5 heteroatoms. The zero-order valence-corrected chi connectivity index (χ0v) is 8.57. The van der Waals surface area contributed by atoms with Gasteiger partial charge in [-0.3, -0.25) is 8.12 Å². The van der Waals surface area contributed by atoms with Gasteiger partial charge in [-0.2, -0.15) is 5.10 Å². The summed E-state index contributed by atoms with van der Waals surface area (Å²) in [4.78, 5) is 0. The Labute approximate surface area is 75.7 Å². The van der Waals surface area contributed by atoms with E-state index in [1.807, 2.05) is 15.2 Å². The van der Waals surface area contributed by atoms with Crippen LogP contribution in [0.4, 0.5) is 0 Å². The number of halogens is 2. The van der Waals surface area contributed by atoms with Gasteiger partial charge in [-0.25, -0.2) is 0 Å². The molecule has 0 spiro atoms. The molecule has 0 radical (unpaired) electrons. The molecular formula is C3H5I2N3. The highest BCUT2D eigenvalue weighted by Crippen LogP contribution is 2.19. The van der Waals surface area contributed by atoms with Gasteiger partial charge in [0.2, 0.25) is 0 Å². The Hall–Kier alpha value is 0.730. The number of rotatable bonds is 0. The van der Waals surface area contributed by atoms with Gasteiger partial charge < -0.3 is 0 Å². The molecule has 3 nitrogen and oxygen atoms in total. The molecule has 0 aromatic carbocycles. The SMILES string of the molecule is CN1N=CN(I)C1I. The highest BCUT2D eigenvalue weighted by atomic mass is 127. The fraction of sp³-hybridized carbons (Fsp3) is 0.667. The van der Waals surface area contributed by atoms with Gasteiger partial charge in [0.1, 0.15) is 6.34 Å². The first-order valence-electron chi connectivity index (χ1n) is 2.07. The van der Waals surface area contributed by atoms with Crippen molar-refractivity contribution in [2.75, 3.05) is 7.05 Å². The largest absolute Gasteiger partial charge is 0.271 e. The van der Waals surface area contributed by atoms with E-state index >= 15 is 0 Å². The van der Waals surface area contributed by atoms with Crippen molar-refractivity contribution < 1.29 is 0 Å². The standard InChI is InChI=1S/C3H5I2N3/c1-7-3(4)8(5)2-6-7/h2-3H,1H3. The highest BCUT2D eigenvalue weighted by Gasteiger charge is 2.18. The minimum Gasteiger partial charge on any atom is -0.271 e. The third-order valence-electron chi connectivity index (χ3n) is 0.856. The van der Waals surface area contributed by atoms with E-state index in [2.05, 4.69) is 50.6 Å². The van der Waals surface area contributed by atoms with Crippen LogP contribution in [0.3, 0.4) is 0 Å². The first-order valence-corrected chi connectivity index (χ1v) is 4.28. The summed E-state index contributed by atoms with van der Waals surface area (Å²) in [6, 6.07) is 0. The zero-order valence-electron chi connectivity index (χ0n) is 4.25. The maximum Gasteiger partial charge on any atom is 0.179 e. The third kappa shape index (κ3) is 1.17. The molecule has 1 rings (SSSR count). The summed E-state index contributed by atoms with van der Waals surface area (Å²) in [6.45, 7) is 0. The Balaban J connectivity index is 2.55. The first-order chi connectivity index (χ1) is 3.72. The molecule has 1 aliphatic rings. The number of hydrogen-bond donors (Lipinski definition) is 0. The Morgan fingerprint density at radius 2 is 2.38 bits per heavy atom. The van der Waals surface area contributed by atoms with Crippen molar-refractivity contribution in [3.8, 4) is 0 Å². The Morgan fingerprint density at radius 1 is 1.75 bits per heavy atom. The molecule has 0 fully saturated rings. The van der Waals surface area contributed by atoms with E-state index in [0.717, 1.165) is 0 Å². The van der Waals surface area contributed by atoms with E-state index in [1.54, 1.807) is 6.34 Å². The zero-order chi connectivity index (χ0) is 6.15. The lowest BCUT2D eigenvalue weighted by atomic mass is 11.0. The van der Waals surface area contributed by atoms with Crippen LogP contribution >= 0.6 is 45.5 Å². The molecule has 1 heterocycles. The van der Waals surface area contributed by atoms with Crippen LogP contribution in [0.1, 0.15) is 0 Å².